The Labute approximate surface area is 167 Å². The smallest absolute Gasteiger partial charge is 0.333 e. The number of halogens is 2. The summed E-state index contributed by atoms with van der Waals surface area (Å²) in [6.07, 6.45) is 1.55. The van der Waals surface area contributed by atoms with Crippen LogP contribution in [0.3, 0.4) is 0 Å². The Morgan fingerprint density at radius 1 is 0.967 bits per heavy atom. The van der Waals surface area contributed by atoms with Gasteiger partial charge in [-0.3, -0.25) is 0 Å². The highest BCUT2D eigenvalue weighted by Gasteiger charge is 2.18. The van der Waals surface area contributed by atoms with E-state index >= 15 is 0 Å². The van der Waals surface area contributed by atoms with E-state index in [9.17, 15) is 13.6 Å². The van der Waals surface area contributed by atoms with E-state index < -0.39 is 17.3 Å². The fourth-order valence-electron chi connectivity index (χ4n) is 3.22. The quantitative estimate of drug-likeness (QED) is 0.457. The molecule has 148 valence electrons. The Morgan fingerprint density at radius 3 is 2.50 bits per heavy atom. The number of rotatable bonds is 4. The van der Waals surface area contributed by atoms with Crippen molar-refractivity contribution in [3.63, 3.8) is 0 Å². The Morgan fingerprint density at radius 2 is 1.73 bits per heavy atom. The van der Waals surface area contributed by atoms with Gasteiger partial charge in [-0.25, -0.2) is 22.7 Å². The van der Waals surface area contributed by atoms with E-state index in [-0.39, 0.29) is 18.0 Å². The van der Waals surface area contributed by atoms with Gasteiger partial charge >= 0.3 is 5.69 Å². The number of fused-ring (bicyclic) bond motifs is 1. The number of hydrogen-bond donors (Lipinski definition) is 0. The van der Waals surface area contributed by atoms with E-state index in [2.05, 4.69) is 15.2 Å². The van der Waals surface area contributed by atoms with Crippen molar-refractivity contribution in [2.45, 2.75) is 6.54 Å². The molecular weight excluding hydrogens is 392 g/mol. The first-order chi connectivity index (χ1) is 14.6. The molecule has 0 spiro atoms. The molecule has 0 aliphatic carbocycles. The van der Waals surface area contributed by atoms with Gasteiger partial charge in [0.25, 0.3) is 5.89 Å². The molecule has 0 bridgehead atoms. The molecule has 0 amide bonds. The van der Waals surface area contributed by atoms with Crippen LogP contribution in [-0.4, -0.2) is 24.3 Å². The van der Waals surface area contributed by atoms with Gasteiger partial charge in [-0.15, -0.1) is 5.10 Å². The summed E-state index contributed by atoms with van der Waals surface area (Å²) in [5.41, 5.74) is 1.37. The molecule has 0 fully saturated rings. The van der Waals surface area contributed by atoms with Crippen LogP contribution in [0, 0.1) is 11.6 Å². The lowest BCUT2D eigenvalue weighted by Gasteiger charge is -2.01. The van der Waals surface area contributed by atoms with Crippen LogP contribution in [0.2, 0.25) is 0 Å². The Balaban J connectivity index is 1.57. The van der Waals surface area contributed by atoms with Crippen LogP contribution in [0.25, 0.3) is 28.5 Å². The van der Waals surface area contributed by atoms with Gasteiger partial charge in [-0.05, 0) is 29.8 Å². The summed E-state index contributed by atoms with van der Waals surface area (Å²) < 4.78 is 34.8. The highest BCUT2D eigenvalue weighted by Crippen LogP contribution is 2.24. The van der Waals surface area contributed by atoms with Gasteiger partial charge in [0.2, 0.25) is 5.82 Å². The zero-order chi connectivity index (χ0) is 20.7. The van der Waals surface area contributed by atoms with Crippen molar-refractivity contribution in [2.24, 2.45) is 0 Å². The summed E-state index contributed by atoms with van der Waals surface area (Å²) in [6, 6.07) is 15.8. The lowest BCUT2D eigenvalue weighted by Crippen LogP contribution is -2.21. The maximum absolute atomic E-state index is 13.5. The Hall–Kier alpha value is -4.14. The summed E-state index contributed by atoms with van der Waals surface area (Å²) in [7, 11) is 0. The highest BCUT2D eigenvalue weighted by molar-refractivity contribution is 5.72. The molecule has 5 rings (SSSR count). The van der Waals surface area contributed by atoms with Crippen molar-refractivity contribution < 1.29 is 13.3 Å². The number of pyridine rings is 1. The molecule has 3 heterocycles. The lowest BCUT2D eigenvalue weighted by molar-refractivity contribution is 0.432. The molecule has 0 radical (unpaired) electrons. The molecular formula is C21H13F2N5O2. The van der Waals surface area contributed by atoms with Gasteiger partial charge in [0.15, 0.2) is 5.65 Å². The second kappa shape index (κ2) is 7.03. The first-order valence-corrected chi connectivity index (χ1v) is 9.01. The van der Waals surface area contributed by atoms with Gasteiger partial charge in [0.05, 0.1) is 12.1 Å². The minimum atomic E-state index is -0.721. The molecule has 0 aliphatic heterocycles. The molecule has 0 saturated heterocycles. The zero-order valence-electron chi connectivity index (χ0n) is 15.4. The summed E-state index contributed by atoms with van der Waals surface area (Å²) in [4.78, 5) is 17.1. The van der Waals surface area contributed by atoms with Crippen LogP contribution < -0.4 is 5.69 Å². The van der Waals surface area contributed by atoms with Crippen LogP contribution in [-0.2, 0) is 6.54 Å². The van der Waals surface area contributed by atoms with Crippen molar-refractivity contribution >= 4 is 5.65 Å². The third kappa shape index (κ3) is 3.16. The lowest BCUT2D eigenvalue weighted by atomic mass is 10.2. The van der Waals surface area contributed by atoms with Crippen molar-refractivity contribution in [2.75, 3.05) is 0 Å². The standard InChI is InChI=1S/C21H13F2N5O2/c22-15-9-13(10-16(23)11-15)12-28-21(29)27-8-4-7-17(19(27)25-28)20-24-18(26-30-20)14-5-2-1-3-6-14/h1-11H,12H2. The molecule has 3 aromatic heterocycles. The van der Waals surface area contributed by atoms with Gasteiger partial charge in [-0.2, -0.15) is 4.98 Å². The summed E-state index contributed by atoms with van der Waals surface area (Å²) in [6.45, 7) is -0.0896. The summed E-state index contributed by atoms with van der Waals surface area (Å²) >= 11 is 0. The minimum absolute atomic E-state index is 0.0896. The topological polar surface area (TPSA) is 78.2 Å². The van der Waals surface area contributed by atoms with E-state index in [1.165, 1.54) is 4.40 Å². The molecule has 0 N–H and O–H groups in total. The summed E-state index contributed by atoms with van der Waals surface area (Å²) in [5.74, 6) is -0.832. The van der Waals surface area contributed by atoms with Crippen molar-refractivity contribution in [3.8, 4) is 22.8 Å². The maximum atomic E-state index is 13.5. The molecule has 0 unspecified atom stereocenters. The number of benzene rings is 2. The third-order valence-electron chi connectivity index (χ3n) is 4.55. The predicted molar refractivity (Wildman–Crippen MR) is 104 cm³/mol. The fourth-order valence-corrected chi connectivity index (χ4v) is 3.22. The van der Waals surface area contributed by atoms with E-state index in [0.717, 1.165) is 28.4 Å². The minimum Gasteiger partial charge on any atom is -0.333 e. The Kier molecular flexibility index (Phi) is 4.20. The highest BCUT2D eigenvalue weighted by atomic mass is 19.1. The van der Waals surface area contributed by atoms with E-state index in [0.29, 0.717) is 17.0 Å². The average Bonchev–Trinajstić information content (AvgIpc) is 3.34. The van der Waals surface area contributed by atoms with Gasteiger partial charge in [-0.1, -0.05) is 35.5 Å². The van der Waals surface area contributed by atoms with Crippen LogP contribution in [0.15, 0.2) is 76.2 Å². The van der Waals surface area contributed by atoms with Gasteiger partial charge in [0.1, 0.15) is 11.6 Å². The molecule has 9 heteroatoms. The van der Waals surface area contributed by atoms with Crippen LogP contribution in [0.1, 0.15) is 5.56 Å². The fraction of sp³-hybridized carbons (Fsp3) is 0.0476. The molecule has 7 nitrogen and oxygen atoms in total. The maximum Gasteiger partial charge on any atom is 0.350 e. The van der Waals surface area contributed by atoms with Gasteiger partial charge < -0.3 is 4.52 Å². The van der Waals surface area contributed by atoms with Crippen LogP contribution in [0.4, 0.5) is 8.78 Å². The molecule has 0 atom stereocenters. The monoisotopic (exact) mass is 405 g/mol. The van der Waals surface area contributed by atoms with Crippen molar-refractivity contribution in [3.05, 3.63) is 94.5 Å². The Bertz CT molecular complexity index is 1400. The van der Waals surface area contributed by atoms with E-state index in [1.54, 1.807) is 18.3 Å². The number of aromatic nitrogens is 5. The third-order valence-corrected chi connectivity index (χ3v) is 4.55. The first kappa shape index (κ1) is 17.9. The molecule has 30 heavy (non-hydrogen) atoms. The van der Waals surface area contributed by atoms with Gasteiger partial charge in [0, 0.05) is 17.8 Å². The molecule has 0 saturated carbocycles. The van der Waals surface area contributed by atoms with E-state index in [4.69, 9.17) is 4.52 Å². The molecule has 2 aromatic carbocycles. The second-order valence-electron chi connectivity index (χ2n) is 6.62. The van der Waals surface area contributed by atoms with Crippen LogP contribution in [0.5, 0.6) is 0 Å². The average molecular weight is 405 g/mol. The van der Waals surface area contributed by atoms with Crippen LogP contribution >= 0.6 is 0 Å². The largest absolute Gasteiger partial charge is 0.350 e. The SMILES string of the molecule is O=c1n(Cc2cc(F)cc(F)c2)nc2c(-c3nc(-c4ccccc4)no3)cccn12. The normalized spacial score (nSPS) is 11.3. The first-order valence-electron chi connectivity index (χ1n) is 9.01. The zero-order valence-corrected chi connectivity index (χ0v) is 15.4. The van der Waals surface area contributed by atoms with Crippen molar-refractivity contribution in [1.29, 1.82) is 0 Å². The van der Waals surface area contributed by atoms with E-state index in [1.807, 2.05) is 30.3 Å². The number of nitrogens with zero attached hydrogens (tertiary/aromatic N) is 5. The molecule has 5 aromatic rings. The second-order valence-corrected chi connectivity index (χ2v) is 6.62. The predicted octanol–water partition coefficient (Wildman–Crippen LogP) is 3.54. The number of hydrogen-bond acceptors (Lipinski definition) is 5. The van der Waals surface area contributed by atoms with Crippen molar-refractivity contribution in [1.82, 2.24) is 24.3 Å². The molecule has 0 aliphatic rings. The summed E-state index contributed by atoms with van der Waals surface area (Å²) in [5, 5.41) is 8.31.